The van der Waals surface area contributed by atoms with E-state index < -0.39 is 0 Å². The van der Waals surface area contributed by atoms with Crippen LogP contribution < -0.4 is 0 Å². The van der Waals surface area contributed by atoms with E-state index in [0.717, 1.165) is 37.1 Å². The Bertz CT molecular complexity index is 495. The zero-order chi connectivity index (χ0) is 12.1. The second-order valence-corrected chi connectivity index (χ2v) is 4.48. The molecule has 2 aromatic heterocycles. The molecule has 0 saturated carbocycles. The highest BCUT2D eigenvalue weighted by Crippen LogP contribution is 2.06. The molecule has 4 nitrogen and oxygen atoms in total. The van der Waals surface area contributed by atoms with Crippen molar-refractivity contribution in [3.05, 3.63) is 35.4 Å². The van der Waals surface area contributed by atoms with Crippen LogP contribution in [-0.4, -0.2) is 19.1 Å². The number of hydrogen-bond donors (Lipinski definition) is 1. The maximum Gasteiger partial charge on any atom is 0.177 e. The van der Waals surface area contributed by atoms with E-state index in [0.29, 0.717) is 0 Å². The van der Waals surface area contributed by atoms with Gasteiger partial charge in [0.2, 0.25) is 0 Å². The number of aryl methyl sites for hydroxylation is 2. The fourth-order valence-corrected chi connectivity index (χ4v) is 2.22. The minimum absolute atomic E-state index is 0.837. The molecule has 2 aromatic rings. The molecule has 0 saturated heterocycles. The third kappa shape index (κ3) is 3.06. The van der Waals surface area contributed by atoms with Gasteiger partial charge >= 0.3 is 0 Å². The smallest absolute Gasteiger partial charge is 0.177 e. The molecule has 0 radical (unpaired) electrons. The van der Waals surface area contributed by atoms with Gasteiger partial charge in [0.1, 0.15) is 0 Å². The van der Waals surface area contributed by atoms with Gasteiger partial charge in [-0.1, -0.05) is 6.92 Å². The summed E-state index contributed by atoms with van der Waals surface area (Å²) >= 11 is 5.26. The summed E-state index contributed by atoms with van der Waals surface area (Å²) < 4.78 is 5.14. The third-order valence-electron chi connectivity index (χ3n) is 2.92. The van der Waals surface area contributed by atoms with Crippen molar-refractivity contribution >= 4 is 12.2 Å². The van der Waals surface area contributed by atoms with Crippen LogP contribution in [0.4, 0.5) is 0 Å². The number of imidazole rings is 2. The van der Waals surface area contributed by atoms with E-state index in [9.17, 15) is 0 Å². The predicted molar refractivity (Wildman–Crippen MR) is 70.5 cm³/mol. The molecule has 92 valence electrons. The van der Waals surface area contributed by atoms with Crippen LogP contribution in [0.2, 0.25) is 0 Å². The highest BCUT2D eigenvalue weighted by molar-refractivity contribution is 7.71. The van der Waals surface area contributed by atoms with Gasteiger partial charge in [-0.3, -0.25) is 0 Å². The van der Waals surface area contributed by atoms with E-state index in [2.05, 4.69) is 26.0 Å². The van der Waals surface area contributed by atoms with Gasteiger partial charge in [0.05, 0.1) is 6.33 Å². The zero-order valence-corrected chi connectivity index (χ0v) is 10.9. The monoisotopic (exact) mass is 250 g/mol. The summed E-state index contributed by atoms with van der Waals surface area (Å²) in [6.45, 7) is 4.18. The van der Waals surface area contributed by atoms with Gasteiger partial charge in [-0.25, -0.2) is 4.98 Å². The molecule has 0 atom stereocenters. The number of nitrogens with zero attached hydrogens (tertiary/aromatic N) is 3. The fourth-order valence-electron chi connectivity index (χ4n) is 1.95. The zero-order valence-electron chi connectivity index (χ0n) is 10.1. The van der Waals surface area contributed by atoms with E-state index in [4.69, 9.17) is 12.2 Å². The van der Waals surface area contributed by atoms with Crippen LogP contribution in [0, 0.1) is 4.77 Å². The molecule has 0 aromatic carbocycles. The number of rotatable bonds is 6. The van der Waals surface area contributed by atoms with Gasteiger partial charge in [-0.15, -0.1) is 0 Å². The third-order valence-corrected chi connectivity index (χ3v) is 3.26. The first kappa shape index (κ1) is 12.1. The number of nitrogens with one attached hydrogen (secondary N) is 1. The highest BCUT2D eigenvalue weighted by Gasteiger charge is 2.01. The molecular formula is C12H18N4S. The lowest BCUT2D eigenvalue weighted by atomic mass is 10.3. The summed E-state index contributed by atoms with van der Waals surface area (Å²) in [5, 5.41) is 0. The standard InChI is InChI=1S/C12H18N4S/c1-2-11-9-14-12(17)16(11)7-4-3-6-15-8-5-13-10-15/h5,8-10H,2-4,6-7H2,1H3,(H,14,17). The maximum atomic E-state index is 5.26. The number of aromatic nitrogens is 4. The Hall–Kier alpha value is -1.36. The largest absolute Gasteiger partial charge is 0.337 e. The van der Waals surface area contributed by atoms with Crippen molar-refractivity contribution in [3.8, 4) is 0 Å². The molecule has 0 bridgehead atoms. The molecule has 17 heavy (non-hydrogen) atoms. The van der Waals surface area contributed by atoms with Gasteiger partial charge in [-0.05, 0) is 31.5 Å². The van der Waals surface area contributed by atoms with Crippen molar-refractivity contribution in [3.63, 3.8) is 0 Å². The van der Waals surface area contributed by atoms with E-state index >= 15 is 0 Å². The molecule has 0 fully saturated rings. The number of hydrogen-bond acceptors (Lipinski definition) is 2. The molecule has 0 amide bonds. The molecule has 0 aliphatic carbocycles. The van der Waals surface area contributed by atoms with Crippen LogP contribution in [-0.2, 0) is 19.5 Å². The summed E-state index contributed by atoms with van der Waals surface area (Å²) in [5.74, 6) is 0. The molecule has 0 aliphatic heterocycles. The SMILES string of the molecule is CCc1c[nH]c(=S)n1CCCCn1ccnc1. The minimum atomic E-state index is 0.837. The van der Waals surface area contributed by atoms with Crippen molar-refractivity contribution in [1.29, 1.82) is 0 Å². The Labute approximate surface area is 106 Å². The van der Waals surface area contributed by atoms with Crippen LogP contribution in [0.3, 0.4) is 0 Å². The molecular weight excluding hydrogens is 232 g/mol. The van der Waals surface area contributed by atoms with Crippen LogP contribution in [0.15, 0.2) is 24.9 Å². The Morgan fingerprint density at radius 2 is 2.18 bits per heavy atom. The average Bonchev–Trinajstić information content (AvgIpc) is 2.95. The van der Waals surface area contributed by atoms with Gasteiger partial charge in [0, 0.05) is 37.4 Å². The average molecular weight is 250 g/mol. The Balaban J connectivity index is 1.82. The molecule has 0 unspecified atom stereocenters. The molecule has 0 aliphatic rings. The lowest BCUT2D eigenvalue weighted by Crippen LogP contribution is -2.04. The van der Waals surface area contributed by atoms with Gasteiger partial charge in [0.15, 0.2) is 4.77 Å². The fraction of sp³-hybridized carbons (Fsp3) is 0.500. The van der Waals surface area contributed by atoms with Crippen LogP contribution >= 0.6 is 12.2 Å². The highest BCUT2D eigenvalue weighted by atomic mass is 32.1. The first-order valence-corrected chi connectivity index (χ1v) is 6.45. The Morgan fingerprint density at radius 1 is 1.35 bits per heavy atom. The summed E-state index contributed by atoms with van der Waals surface area (Å²) in [6, 6.07) is 0. The van der Waals surface area contributed by atoms with E-state index in [1.54, 1.807) is 0 Å². The second-order valence-electron chi connectivity index (χ2n) is 4.10. The molecule has 0 spiro atoms. The maximum absolute atomic E-state index is 5.26. The summed E-state index contributed by atoms with van der Waals surface area (Å²) in [4.78, 5) is 7.13. The van der Waals surface area contributed by atoms with Crippen molar-refractivity contribution in [2.24, 2.45) is 0 Å². The number of H-pyrrole nitrogens is 1. The van der Waals surface area contributed by atoms with E-state index in [-0.39, 0.29) is 0 Å². The van der Waals surface area contributed by atoms with Crippen LogP contribution in [0.25, 0.3) is 0 Å². The summed E-state index contributed by atoms with van der Waals surface area (Å²) in [6.07, 6.45) is 11.0. The van der Waals surface area contributed by atoms with Crippen molar-refractivity contribution < 1.29 is 0 Å². The summed E-state index contributed by atoms with van der Waals surface area (Å²) in [5.41, 5.74) is 1.29. The van der Waals surface area contributed by atoms with Crippen LogP contribution in [0.1, 0.15) is 25.5 Å². The predicted octanol–water partition coefficient (Wildman–Crippen LogP) is 2.78. The Kier molecular flexibility index (Phi) is 4.14. The van der Waals surface area contributed by atoms with Crippen LogP contribution in [0.5, 0.6) is 0 Å². The quantitative estimate of drug-likeness (QED) is 0.632. The van der Waals surface area contributed by atoms with Gasteiger partial charge in [0.25, 0.3) is 0 Å². The summed E-state index contributed by atoms with van der Waals surface area (Å²) in [7, 11) is 0. The van der Waals surface area contributed by atoms with Crippen molar-refractivity contribution in [1.82, 2.24) is 19.1 Å². The lowest BCUT2D eigenvalue weighted by molar-refractivity contribution is 0.541. The normalized spacial score (nSPS) is 10.9. The molecule has 2 rings (SSSR count). The molecule has 5 heteroatoms. The number of unbranched alkanes of at least 4 members (excludes halogenated alkanes) is 1. The van der Waals surface area contributed by atoms with Gasteiger partial charge in [-0.2, -0.15) is 0 Å². The molecule has 2 heterocycles. The lowest BCUT2D eigenvalue weighted by Gasteiger charge is -2.07. The first-order chi connectivity index (χ1) is 8.31. The minimum Gasteiger partial charge on any atom is -0.337 e. The number of aromatic amines is 1. The molecule has 1 N–H and O–H groups in total. The second kappa shape index (κ2) is 5.82. The van der Waals surface area contributed by atoms with E-state index in [1.807, 2.05) is 24.9 Å². The van der Waals surface area contributed by atoms with Gasteiger partial charge < -0.3 is 14.1 Å². The first-order valence-electron chi connectivity index (χ1n) is 6.04. The Morgan fingerprint density at radius 3 is 2.88 bits per heavy atom. The van der Waals surface area contributed by atoms with Crippen molar-refractivity contribution in [2.75, 3.05) is 0 Å². The van der Waals surface area contributed by atoms with E-state index in [1.165, 1.54) is 5.69 Å². The van der Waals surface area contributed by atoms with Crippen molar-refractivity contribution in [2.45, 2.75) is 39.3 Å². The topological polar surface area (TPSA) is 38.5 Å².